The number of hydrogen-bond donors (Lipinski definition) is 1. The van der Waals surface area contributed by atoms with Gasteiger partial charge in [-0.05, 0) is 50.7 Å². The second-order valence-corrected chi connectivity index (χ2v) is 5.44. The first-order valence-corrected chi connectivity index (χ1v) is 7.48. The summed E-state index contributed by atoms with van der Waals surface area (Å²) in [7, 11) is 3.54. The fraction of sp³-hybridized carbons (Fsp3) is 0.600. The van der Waals surface area contributed by atoms with Crippen LogP contribution < -0.4 is 14.8 Å². The van der Waals surface area contributed by atoms with E-state index in [9.17, 15) is 0 Å². The molecule has 1 aromatic rings. The third kappa shape index (κ3) is 4.01. The van der Waals surface area contributed by atoms with E-state index in [-0.39, 0.29) is 0 Å². The summed E-state index contributed by atoms with van der Waals surface area (Å²) < 4.78 is 11.2. The lowest BCUT2D eigenvalue weighted by Gasteiger charge is -2.17. The molecule has 1 aliphatic rings. The second-order valence-electron chi connectivity index (χ2n) is 5.04. The summed E-state index contributed by atoms with van der Waals surface area (Å²) in [6.45, 7) is 4.69. The molecule has 0 atom stereocenters. The molecule has 112 valence electrons. The normalized spacial score (nSPS) is 15.6. The molecule has 20 heavy (non-hydrogen) atoms. The number of ether oxygens (including phenoxy) is 2. The molecule has 0 aromatic heterocycles. The Hall–Kier alpha value is -0.970. The maximum absolute atomic E-state index is 6.30. The summed E-state index contributed by atoms with van der Waals surface area (Å²) in [5.74, 6) is 1.34. The molecular weight excluding hydrogens is 276 g/mol. The quantitative estimate of drug-likeness (QED) is 0.839. The zero-order chi connectivity index (χ0) is 14.4. The molecule has 1 N–H and O–H groups in total. The molecule has 5 heteroatoms. The first-order chi connectivity index (χ1) is 9.74. The van der Waals surface area contributed by atoms with Gasteiger partial charge in [0.1, 0.15) is 6.61 Å². The van der Waals surface area contributed by atoms with Gasteiger partial charge in [-0.2, -0.15) is 0 Å². The molecule has 0 amide bonds. The lowest BCUT2D eigenvalue weighted by molar-refractivity contribution is 0.230. The van der Waals surface area contributed by atoms with Gasteiger partial charge in [-0.3, -0.25) is 4.90 Å². The summed E-state index contributed by atoms with van der Waals surface area (Å²) in [5.41, 5.74) is 1.08. The SMILES string of the molecule is CNCc1cc(Cl)c(OCCN2CCCC2)c(OC)c1. The minimum absolute atomic E-state index is 0.607. The topological polar surface area (TPSA) is 33.7 Å². The number of halogens is 1. The van der Waals surface area contributed by atoms with Crippen LogP contribution in [0, 0.1) is 0 Å². The van der Waals surface area contributed by atoms with E-state index in [1.165, 1.54) is 25.9 Å². The van der Waals surface area contributed by atoms with E-state index < -0.39 is 0 Å². The van der Waals surface area contributed by atoms with Gasteiger partial charge in [-0.25, -0.2) is 0 Å². The molecule has 0 spiro atoms. The number of rotatable bonds is 7. The first kappa shape index (κ1) is 15.4. The zero-order valence-electron chi connectivity index (χ0n) is 12.2. The molecule has 1 aromatic carbocycles. The third-order valence-electron chi connectivity index (χ3n) is 3.52. The Labute approximate surface area is 126 Å². The van der Waals surface area contributed by atoms with Crippen molar-refractivity contribution >= 4 is 11.6 Å². The van der Waals surface area contributed by atoms with E-state index in [1.54, 1.807) is 7.11 Å². The lowest BCUT2D eigenvalue weighted by Crippen LogP contribution is -2.25. The third-order valence-corrected chi connectivity index (χ3v) is 3.80. The summed E-state index contributed by atoms with van der Waals surface area (Å²) in [6, 6.07) is 3.89. The average Bonchev–Trinajstić information content (AvgIpc) is 2.94. The van der Waals surface area contributed by atoms with Gasteiger partial charge in [0.25, 0.3) is 0 Å². The van der Waals surface area contributed by atoms with Crippen molar-refractivity contribution in [2.24, 2.45) is 0 Å². The van der Waals surface area contributed by atoms with Crippen LogP contribution in [0.25, 0.3) is 0 Å². The highest BCUT2D eigenvalue weighted by Crippen LogP contribution is 2.36. The lowest BCUT2D eigenvalue weighted by atomic mass is 10.2. The van der Waals surface area contributed by atoms with Gasteiger partial charge in [0.05, 0.1) is 12.1 Å². The van der Waals surface area contributed by atoms with Crippen molar-refractivity contribution in [1.82, 2.24) is 10.2 Å². The molecule has 1 saturated heterocycles. The number of likely N-dealkylation sites (tertiary alicyclic amines) is 1. The van der Waals surface area contributed by atoms with Crippen LogP contribution in [0.3, 0.4) is 0 Å². The Bertz CT molecular complexity index is 434. The second kappa shape index (κ2) is 7.72. The maximum atomic E-state index is 6.30. The van der Waals surface area contributed by atoms with Crippen molar-refractivity contribution in [1.29, 1.82) is 0 Å². The fourth-order valence-corrected chi connectivity index (χ4v) is 2.79. The average molecular weight is 299 g/mol. The highest BCUT2D eigenvalue weighted by atomic mass is 35.5. The van der Waals surface area contributed by atoms with Gasteiger partial charge in [0, 0.05) is 13.1 Å². The van der Waals surface area contributed by atoms with Gasteiger partial charge in [-0.15, -0.1) is 0 Å². The highest BCUT2D eigenvalue weighted by Gasteiger charge is 2.14. The van der Waals surface area contributed by atoms with Crippen LogP contribution in [-0.2, 0) is 6.54 Å². The van der Waals surface area contributed by atoms with E-state index in [4.69, 9.17) is 21.1 Å². The standard InChI is InChI=1S/C15H23ClN2O2/c1-17-11-12-9-13(16)15(14(10-12)19-2)20-8-7-18-5-3-4-6-18/h9-10,17H,3-8,11H2,1-2H3. The van der Waals surface area contributed by atoms with Gasteiger partial charge in [-0.1, -0.05) is 11.6 Å². The van der Waals surface area contributed by atoms with Crippen molar-refractivity contribution < 1.29 is 9.47 Å². The molecule has 0 aliphatic carbocycles. The first-order valence-electron chi connectivity index (χ1n) is 7.10. The molecule has 1 heterocycles. The number of nitrogens with zero attached hydrogens (tertiary/aromatic N) is 1. The van der Waals surface area contributed by atoms with Crippen LogP contribution in [0.1, 0.15) is 18.4 Å². The van der Waals surface area contributed by atoms with Crippen LogP contribution in [0.5, 0.6) is 11.5 Å². The van der Waals surface area contributed by atoms with Crippen LogP contribution >= 0.6 is 11.6 Å². The maximum Gasteiger partial charge on any atom is 0.179 e. The molecule has 0 bridgehead atoms. The van der Waals surface area contributed by atoms with Gasteiger partial charge in [0.15, 0.2) is 11.5 Å². The molecule has 4 nitrogen and oxygen atoms in total. The van der Waals surface area contributed by atoms with Gasteiger partial charge in [0.2, 0.25) is 0 Å². The summed E-state index contributed by atoms with van der Waals surface area (Å²) in [4.78, 5) is 2.41. The number of nitrogens with one attached hydrogen (secondary N) is 1. The Morgan fingerprint density at radius 1 is 1.30 bits per heavy atom. The summed E-state index contributed by atoms with van der Waals surface area (Å²) in [6.07, 6.45) is 2.59. The molecular formula is C15H23ClN2O2. The largest absolute Gasteiger partial charge is 0.493 e. The predicted molar refractivity (Wildman–Crippen MR) is 81.9 cm³/mol. The van der Waals surface area contributed by atoms with Crippen LogP contribution in [-0.4, -0.2) is 45.3 Å². The van der Waals surface area contributed by atoms with E-state index in [0.29, 0.717) is 23.1 Å². The van der Waals surface area contributed by atoms with Crippen molar-refractivity contribution in [2.75, 3.05) is 40.4 Å². The molecule has 0 saturated carbocycles. The van der Waals surface area contributed by atoms with Crippen LogP contribution in [0.4, 0.5) is 0 Å². The predicted octanol–water partition coefficient (Wildman–Crippen LogP) is 2.54. The van der Waals surface area contributed by atoms with E-state index in [2.05, 4.69) is 10.2 Å². The van der Waals surface area contributed by atoms with E-state index in [0.717, 1.165) is 18.7 Å². The smallest absolute Gasteiger partial charge is 0.179 e. The Balaban J connectivity index is 1.98. The molecule has 2 rings (SSSR count). The number of benzene rings is 1. The fourth-order valence-electron chi connectivity index (χ4n) is 2.50. The zero-order valence-corrected chi connectivity index (χ0v) is 13.0. The Kier molecular flexibility index (Phi) is 5.95. The van der Waals surface area contributed by atoms with Crippen molar-refractivity contribution in [3.05, 3.63) is 22.7 Å². The molecule has 1 fully saturated rings. The molecule has 1 aliphatic heterocycles. The Morgan fingerprint density at radius 2 is 2.05 bits per heavy atom. The van der Waals surface area contributed by atoms with E-state index in [1.807, 2.05) is 19.2 Å². The van der Waals surface area contributed by atoms with Crippen LogP contribution in [0.2, 0.25) is 5.02 Å². The minimum atomic E-state index is 0.607. The summed E-state index contributed by atoms with van der Waals surface area (Å²) >= 11 is 6.30. The van der Waals surface area contributed by atoms with Gasteiger partial charge >= 0.3 is 0 Å². The number of hydrogen-bond acceptors (Lipinski definition) is 4. The van der Waals surface area contributed by atoms with Gasteiger partial charge < -0.3 is 14.8 Å². The van der Waals surface area contributed by atoms with E-state index >= 15 is 0 Å². The van der Waals surface area contributed by atoms with Crippen molar-refractivity contribution in [2.45, 2.75) is 19.4 Å². The van der Waals surface area contributed by atoms with Crippen LogP contribution in [0.15, 0.2) is 12.1 Å². The van der Waals surface area contributed by atoms with Crippen molar-refractivity contribution in [3.8, 4) is 11.5 Å². The monoisotopic (exact) mass is 298 g/mol. The molecule has 0 unspecified atom stereocenters. The summed E-state index contributed by atoms with van der Waals surface area (Å²) in [5, 5.41) is 3.71. The highest BCUT2D eigenvalue weighted by molar-refractivity contribution is 6.32. The molecule has 0 radical (unpaired) electrons. The van der Waals surface area contributed by atoms with Crippen molar-refractivity contribution in [3.63, 3.8) is 0 Å². The Morgan fingerprint density at radius 3 is 2.70 bits per heavy atom. The number of methoxy groups -OCH3 is 1. The minimum Gasteiger partial charge on any atom is -0.493 e.